The van der Waals surface area contributed by atoms with Crippen molar-refractivity contribution in [2.24, 2.45) is 0 Å². The van der Waals surface area contributed by atoms with E-state index in [1.807, 2.05) is 31.2 Å². The Kier molecular flexibility index (Phi) is 6.55. The first-order valence-electron chi connectivity index (χ1n) is 11.0. The van der Waals surface area contributed by atoms with Gasteiger partial charge in [-0.25, -0.2) is 8.42 Å². The lowest BCUT2D eigenvalue weighted by Crippen LogP contribution is -2.37. The summed E-state index contributed by atoms with van der Waals surface area (Å²) in [4.78, 5) is 14.0. The lowest BCUT2D eigenvalue weighted by molar-refractivity contribution is -0.116. The van der Waals surface area contributed by atoms with Crippen LogP contribution in [0.4, 0.5) is 5.69 Å². The van der Waals surface area contributed by atoms with Gasteiger partial charge in [-0.2, -0.15) is 4.31 Å². The van der Waals surface area contributed by atoms with Crippen molar-refractivity contribution in [3.8, 4) is 5.75 Å². The van der Waals surface area contributed by atoms with Crippen LogP contribution in [-0.4, -0.2) is 51.0 Å². The molecule has 2 aliphatic rings. The van der Waals surface area contributed by atoms with Crippen molar-refractivity contribution < 1.29 is 22.7 Å². The molecule has 2 aromatic rings. The summed E-state index contributed by atoms with van der Waals surface area (Å²) >= 11 is 0. The molecule has 0 spiro atoms. The van der Waals surface area contributed by atoms with Gasteiger partial charge in [0.2, 0.25) is 15.9 Å². The average molecular weight is 459 g/mol. The molecule has 0 radical (unpaired) electrons. The largest absolute Gasteiger partial charge is 0.496 e. The number of fused-ring (bicyclic) bond motifs is 1. The summed E-state index contributed by atoms with van der Waals surface area (Å²) in [6.45, 7) is 4.64. The summed E-state index contributed by atoms with van der Waals surface area (Å²) < 4.78 is 40.2. The number of ether oxygens (including phenoxy) is 2. The van der Waals surface area contributed by atoms with Gasteiger partial charge in [0.05, 0.1) is 18.1 Å². The van der Waals surface area contributed by atoms with Crippen molar-refractivity contribution in [3.63, 3.8) is 0 Å². The molecule has 7 nitrogen and oxygen atoms in total. The van der Waals surface area contributed by atoms with E-state index < -0.39 is 10.0 Å². The molecule has 1 fully saturated rings. The van der Waals surface area contributed by atoms with Crippen molar-refractivity contribution in [2.45, 2.75) is 56.7 Å². The smallest absolute Gasteiger partial charge is 0.243 e. The number of hydrogen-bond donors (Lipinski definition) is 0. The first-order chi connectivity index (χ1) is 15.3. The molecule has 0 aliphatic carbocycles. The Morgan fingerprint density at radius 1 is 1.25 bits per heavy atom. The highest BCUT2D eigenvalue weighted by Crippen LogP contribution is 2.35. The van der Waals surface area contributed by atoms with Crippen LogP contribution in [0.25, 0.3) is 0 Å². The number of anilines is 1. The Bertz CT molecular complexity index is 1100. The molecule has 0 saturated carbocycles. The summed E-state index contributed by atoms with van der Waals surface area (Å²) in [6.07, 6.45) is 2.29. The molecule has 4 rings (SSSR count). The quantitative estimate of drug-likeness (QED) is 0.636. The Balaban J connectivity index is 1.68. The van der Waals surface area contributed by atoms with E-state index in [0.717, 1.165) is 29.7 Å². The average Bonchev–Trinajstić information content (AvgIpc) is 3.39. The normalized spacial score (nSPS) is 20.6. The molecular weight excluding hydrogens is 428 g/mol. The van der Waals surface area contributed by atoms with Crippen molar-refractivity contribution in [2.75, 3.05) is 25.2 Å². The maximum absolute atomic E-state index is 13.8. The van der Waals surface area contributed by atoms with Gasteiger partial charge in [-0.15, -0.1) is 0 Å². The zero-order valence-electron chi connectivity index (χ0n) is 18.8. The zero-order chi connectivity index (χ0) is 22.9. The second kappa shape index (κ2) is 9.21. The third-order valence-corrected chi connectivity index (χ3v) is 8.02. The molecular formula is C24H30N2O5S. The number of nitrogens with zero attached hydrogens (tertiary/aromatic N) is 2. The topological polar surface area (TPSA) is 76.2 Å². The minimum absolute atomic E-state index is 0.0111. The van der Waals surface area contributed by atoms with Crippen LogP contribution in [-0.2, 0) is 32.5 Å². The summed E-state index contributed by atoms with van der Waals surface area (Å²) in [5.41, 5.74) is 2.47. The number of benzene rings is 2. The Hall–Kier alpha value is -2.42. The number of rotatable bonds is 7. The van der Waals surface area contributed by atoms with E-state index in [1.54, 1.807) is 30.2 Å². The third kappa shape index (κ3) is 4.40. The van der Waals surface area contributed by atoms with Gasteiger partial charge in [-0.1, -0.05) is 18.2 Å². The van der Waals surface area contributed by atoms with Crippen LogP contribution in [0, 0.1) is 0 Å². The SMILES string of the molecule is COc1ccccc1CN(C[C@@H]1CCCO1)S(=O)(=O)c1ccc2c(c1)C[C@H](C)N2C(C)=O. The van der Waals surface area contributed by atoms with E-state index in [0.29, 0.717) is 18.8 Å². The van der Waals surface area contributed by atoms with E-state index in [-0.39, 0.29) is 36.0 Å². The summed E-state index contributed by atoms with van der Waals surface area (Å²) in [5.74, 6) is 0.614. The monoisotopic (exact) mass is 458 g/mol. The van der Waals surface area contributed by atoms with Gasteiger partial charge in [-0.05, 0) is 56.0 Å². The Morgan fingerprint density at radius 3 is 2.72 bits per heavy atom. The van der Waals surface area contributed by atoms with Crippen molar-refractivity contribution in [3.05, 3.63) is 53.6 Å². The lowest BCUT2D eigenvalue weighted by atomic mass is 10.1. The molecule has 2 aromatic carbocycles. The molecule has 1 amide bonds. The molecule has 8 heteroatoms. The van der Waals surface area contributed by atoms with Crippen molar-refractivity contribution >= 4 is 21.6 Å². The molecule has 2 aliphatic heterocycles. The van der Waals surface area contributed by atoms with Gasteiger partial charge in [0.1, 0.15) is 5.75 Å². The van der Waals surface area contributed by atoms with E-state index in [1.165, 1.54) is 11.2 Å². The summed E-state index contributed by atoms with van der Waals surface area (Å²) in [7, 11) is -2.21. The van der Waals surface area contributed by atoms with Crippen LogP contribution in [0.5, 0.6) is 5.75 Å². The number of methoxy groups -OCH3 is 1. The highest BCUT2D eigenvalue weighted by molar-refractivity contribution is 7.89. The van der Waals surface area contributed by atoms with Crippen LogP contribution in [0.3, 0.4) is 0 Å². The molecule has 2 heterocycles. The highest BCUT2D eigenvalue weighted by atomic mass is 32.2. The fourth-order valence-electron chi connectivity index (χ4n) is 4.68. The predicted octanol–water partition coefficient (Wildman–Crippen LogP) is 3.36. The second-order valence-electron chi connectivity index (χ2n) is 8.48. The predicted molar refractivity (Wildman–Crippen MR) is 122 cm³/mol. The number of amides is 1. The number of carbonyl (C=O) groups is 1. The van der Waals surface area contributed by atoms with Gasteiger partial charge in [-0.3, -0.25) is 4.79 Å². The highest BCUT2D eigenvalue weighted by Gasteiger charge is 2.33. The molecule has 1 saturated heterocycles. The Morgan fingerprint density at radius 2 is 2.03 bits per heavy atom. The van der Waals surface area contributed by atoms with Crippen LogP contribution < -0.4 is 9.64 Å². The standard InChI is InChI=1S/C24H30N2O5S/c1-17-13-20-14-22(10-11-23(20)26(17)18(2)27)32(28,29)25(16-21-8-6-12-31-21)15-19-7-4-5-9-24(19)30-3/h4-5,7,9-11,14,17,21H,6,8,12-13,15-16H2,1-3H3/t17-,21-/m0/s1. The van der Waals surface area contributed by atoms with Crippen LogP contribution in [0.1, 0.15) is 37.8 Å². The molecule has 0 N–H and O–H groups in total. The van der Waals surface area contributed by atoms with Gasteiger partial charge < -0.3 is 14.4 Å². The fraction of sp³-hybridized carbons (Fsp3) is 0.458. The Labute approximate surface area is 190 Å². The molecule has 0 unspecified atom stereocenters. The molecule has 2 atom stereocenters. The number of para-hydroxylation sites is 1. The maximum Gasteiger partial charge on any atom is 0.243 e. The van der Waals surface area contributed by atoms with E-state index in [4.69, 9.17) is 9.47 Å². The lowest BCUT2D eigenvalue weighted by Gasteiger charge is -2.26. The van der Waals surface area contributed by atoms with E-state index in [9.17, 15) is 13.2 Å². The minimum atomic E-state index is -3.79. The van der Waals surface area contributed by atoms with Gasteiger partial charge >= 0.3 is 0 Å². The first kappa shape index (κ1) is 22.8. The van der Waals surface area contributed by atoms with Crippen molar-refractivity contribution in [1.29, 1.82) is 0 Å². The zero-order valence-corrected chi connectivity index (χ0v) is 19.6. The van der Waals surface area contributed by atoms with Gasteiger partial charge in [0.25, 0.3) is 0 Å². The molecule has 0 aromatic heterocycles. The van der Waals surface area contributed by atoms with Gasteiger partial charge in [0, 0.05) is 43.9 Å². The summed E-state index contributed by atoms with van der Waals surface area (Å²) in [6, 6.07) is 12.5. The van der Waals surface area contributed by atoms with Crippen LogP contribution >= 0.6 is 0 Å². The van der Waals surface area contributed by atoms with Crippen molar-refractivity contribution in [1.82, 2.24) is 4.31 Å². The maximum atomic E-state index is 13.8. The molecule has 172 valence electrons. The third-order valence-electron chi connectivity index (χ3n) is 6.21. The number of carbonyl (C=O) groups excluding carboxylic acids is 1. The fourth-order valence-corrected chi connectivity index (χ4v) is 6.18. The summed E-state index contributed by atoms with van der Waals surface area (Å²) in [5, 5.41) is 0. The second-order valence-corrected chi connectivity index (χ2v) is 10.4. The first-order valence-corrected chi connectivity index (χ1v) is 12.4. The van der Waals surface area contributed by atoms with Gasteiger partial charge in [0.15, 0.2) is 0 Å². The van der Waals surface area contributed by atoms with Crippen LogP contribution in [0.15, 0.2) is 47.4 Å². The molecule has 32 heavy (non-hydrogen) atoms. The minimum Gasteiger partial charge on any atom is -0.496 e. The number of sulfonamides is 1. The van der Waals surface area contributed by atoms with E-state index >= 15 is 0 Å². The van der Waals surface area contributed by atoms with E-state index in [2.05, 4.69) is 0 Å². The number of hydrogen-bond acceptors (Lipinski definition) is 5. The molecule has 0 bridgehead atoms. The van der Waals surface area contributed by atoms with Crippen LogP contribution in [0.2, 0.25) is 0 Å².